The van der Waals surface area contributed by atoms with Gasteiger partial charge in [-0.3, -0.25) is 9.59 Å². The van der Waals surface area contributed by atoms with Crippen LogP contribution in [-0.2, 0) is 17.9 Å². The first kappa shape index (κ1) is 24.2. The molecule has 1 heterocycles. The Labute approximate surface area is 203 Å². The molecule has 0 unspecified atom stereocenters. The quantitative estimate of drug-likeness (QED) is 0.345. The van der Waals surface area contributed by atoms with Crippen LogP contribution in [0.15, 0.2) is 71.2 Å². The fourth-order valence-electron chi connectivity index (χ4n) is 3.52. The maximum absolute atomic E-state index is 13.5. The van der Waals surface area contributed by atoms with Crippen molar-refractivity contribution in [2.75, 3.05) is 13.1 Å². The van der Waals surface area contributed by atoms with Crippen LogP contribution in [0.25, 0.3) is 0 Å². The van der Waals surface area contributed by atoms with Gasteiger partial charge in [0.25, 0.3) is 5.91 Å². The van der Waals surface area contributed by atoms with E-state index in [4.69, 9.17) is 0 Å². The average molecular weight is 514 g/mol. The van der Waals surface area contributed by atoms with E-state index in [1.165, 1.54) is 4.88 Å². The third-order valence-corrected chi connectivity index (χ3v) is 6.69. The Morgan fingerprint density at radius 2 is 1.59 bits per heavy atom. The Hall–Kier alpha value is -2.44. The Morgan fingerprint density at radius 3 is 2.22 bits per heavy atom. The molecule has 0 fully saturated rings. The van der Waals surface area contributed by atoms with Gasteiger partial charge in [-0.1, -0.05) is 56.3 Å². The molecular weight excluding hydrogens is 484 g/mol. The van der Waals surface area contributed by atoms with Crippen LogP contribution in [-0.4, -0.2) is 34.7 Å². The third kappa shape index (κ3) is 6.78. The summed E-state index contributed by atoms with van der Waals surface area (Å²) in [6.45, 7) is 7.79. The SMILES string of the molecule is Cc1ccc(CN(Cc2ccccc2)C(=O)CN(CC(C)C)C(=O)c2ccccc2Br)s1. The highest BCUT2D eigenvalue weighted by Crippen LogP contribution is 2.21. The van der Waals surface area contributed by atoms with Crippen LogP contribution in [0.5, 0.6) is 0 Å². The lowest BCUT2D eigenvalue weighted by Crippen LogP contribution is -2.44. The first-order chi connectivity index (χ1) is 15.3. The molecule has 0 saturated carbocycles. The first-order valence-electron chi connectivity index (χ1n) is 10.7. The molecule has 0 aliphatic carbocycles. The van der Waals surface area contributed by atoms with E-state index in [1.54, 1.807) is 22.3 Å². The molecule has 2 aromatic carbocycles. The van der Waals surface area contributed by atoms with Crippen LogP contribution in [0, 0.1) is 12.8 Å². The number of amides is 2. The Bertz CT molecular complexity index is 1050. The second-order valence-corrected chi connectivity index (χ2v) is 10.5. The van der Waals surface area contributed by atoms with Crippen LogP contribution in [0.4, 0.5) is 0 Å². The van der Waals surface area contributed by atoms with Gasteiger partial charge in [0.1, 0.15) is 6.54 Å². The van der Waals surface area contributed by atoms with Crippen molar-refractivity contribution >= 4 is 39.1 Å². The Balaban J connectivity index is 1.83. The molecule has 0 saturated heterocycles. The summed E-state index contributed by atoms with van der Waals surface area (Å²) in [5.74, 6) is 0.0591. The van der Waals surface area contributed by atoms with Gasteiger partial charge in [-0.05, 0) is 58.6 Å². The molecule has 0 atom stereocenters. The number of aryl methyl sites for hydroxylation is 1. The van der Waals surface area contributed by atoms with Crippen molar-refractivity contribution < 1.29 is 9.59 Å². The van der Waals surface area contributed by atoms with E-state index in [0.29, 0.717) is 25.2 Å². The zero-order valence-electron chi connectivity index (χ0n) is 18.8. The minimum atomic E-state index is -0.133. The predicted octanol–water partition coefficient (Wildman–Crippen LogP) is 6.15. The number of benzene rings is 2. The number of nitrogens with zero attached hydrogens (tertiary/aromatic N) is 2. The topological polar surface area (TPSA) is 40.6 Å². The molecule has 32 heavy (non-hydrogen) atoms. The van der Waals surface area contributed by atoms with Crippen LogP contribution >= 0.6 is 27.3 Å². The number of carbonyl (C=O) groups excluding carboxylic acids is 2. The fraction of sp³-hybridized carbons (Fsp3) is 0.308. The Kier molecular flexibility index (Phi) is 8.65. The zero-order valence-corrected chi connectivity index (χ0v) is 21.2. The monoisotopic (exact) mass is 512 g/mol. The molecule has 1 aromatic heterocycles. The van der Waals surface area contributed by atoms with Crippen molar-refractivity contribution in [2.45, 2.75) is 33.9 Å². The number of rotatable bonds is 9. The molecule has 4 nitrogen and oxygen atoms in total. The van der Waals surface area contributed by atoms with Gasteiger partial charge in [0, 0.05) is 27.3 Å². The molecule has 0 N–H and O–H groups in total. The zero-order chi connectivity index (χ0) is 23.1. The molecule has 6 heteroatoms. The summed E-state index contributed by atoms with van der Waals surface area (Å²) in [5, 5.41) is 0. The maximum atomic E-state index is 13.5. The molecule has 168 valence electrons. The van der Waals surface area contributed by atoms with Gasteiger partial charge in [0.2, 0.25) is 5.91 Å². The predicted molar refractivity (Wildman–Crippen MR) is 135 cm³/mol. The van der Waals surface area contributed by atoms with E-state index < -0.39 is 0 Å². The van der Waals surface area contributed by atoms with E-state index in [1.807, 2.05) is 53.4 Å². The summed E-state index contributed by atoms with van der Waals surface area (Å²) in [4.78, 5) is 32.7. The highest BCUT2D eigenvalue weighted by atomic mass is 79.9. The number of hydrogen-bond donors (Lipinski definition) is 0. The van der Waals surface area contributed by atoms with Crippen molar-refractivity contribution in [3.05, 3.63) is 92.1 Å². The lowest BCUT2D eigenvalue weighted by Gasteiger charge is -2.29. The molecule has 3 aromatic rings. The normalized spacial score (nSPS) is 10.9. The van der Waals surface area contributed by atoms with Crippen molar-refractivity contribution in [3.8, 4) is 0 Å². The number of halogens is 1. The highest BCUT2D eigenvalue weighted by Gasteiger charge is 2.24. The van der Waals surface area contributed by atoms with Gasteiger partial charge in [-0.2, -0.15) is 0 Å². The van der Waals surface area contributed by atoms with E-state index in [-0.39, 0.29) is 24.3 Å². The van der Waals surface area contributed by atoms with E-state index >= 15 is 0 Å². The van der Waals surface area contributed by atoms with Gasteiger partial charge in [0.15, 0.2) is 0 Å². The van der Waals surface area contributed by atoms with Crippen molar-refractivity contribution in [1.29, 1.82) is 0 Å². The second kappa shape index (κ2) is 11.4. The van der Waals surface area contributed by atoms with Crippen LogP contribution < -0.4 is 0 Å². The van der Waals surface area contributed by atoms with Crippen molar-refractivity contribution in [3.63, 3.8) is 0 Å². The number of carbonyl (C=O) groups is 2. The minimum Gasteiger partial charge on any atom is -0.332 e. The molecular formula is C26H29BrN2O2S. The summed E-state index contributed by atoms with van der Waals surface area (Å²) in [5.41, 5.74) is 1.64. The minimum absolute atomic E-state index is 0.0511. The lowest BCUT2D eigenvalue weighted by molar-refractivity contribution is -0.133. The van der Waals surface area contributed by atoms with Crippen molar-refractivity contribution in [2.24, 2.45) is 5.92 Å². The van der Waals surface area contributed by atoms with Crippen LogP contribution in [0.3, 0.4) is 0 Å². The van der Waals surface area contributed by atoms with Gasteiger partial charge in [-0.15, -0.1) is 11.3 Å². The van der Waals surface area contributed by atoms with E-state index in [0.717, 1.165) is 14.9 Å². The summed E-state index contributed by atoms with van der Waals surface area (Å²) in [6.07, 6.45) is 0. The molecule has 0 aliphatic heterocycles. The molecule has 0 radical (unpaired) electrons. The lowest BCUT2D eigenvalue weighted by atomic mass is 10.1. The largest absolute Gasteiger partial charge is 0.332 e. The molecule has 0 bridgehead atoms. The van der Waals surface area contributed by atoms with Crippen molar-refractivity contribution in [1.82, 2.24) is 9.80 Å². The molecule has 2 amide bonds. The van der Waals surface area contributed by atoms with Gasteiger partial charge >= 0.3 is 0 Å². The Morgan fingerprint density at radius 1 is 0.906 bits per heavy atom. The van der Waals surface area contributed by atoms with Crippen LogP contribution in [0.1, 0.15) is 39.5 Å². The number of hydrogen-bond acceptors (Lipinski definition) is 3. The molecule has 0 spiro atoms. The second-order valence-electron chi connectivity index (χ2n) is 8.31. The average Bonchev–Trinajstić information content (AvgIpc) is 3.17. The summed E-state index contributed by atoms with van der Waals surface area (Å²) in [7, 11) is 0. The van der Waals surface area contributed by atoms with Crippen LogP contribution in [0.2, 0.25) is 0 Å². The van der Waals surface area contributed by atoms with Gasteiger partial charge in [0.05, 0.1) is 12.1 Å². The molecule has 3 rings (SSSR count). The first-order valence-corrected chi connectivity index (χ1v) is 12.3. The summed E-state index contributed by atoms with van der Waals surface area (Å²) < 4.78 is 0.737. The highest BCUT2D eigenvalue weighted by molar-refractivity contribution is 9.10. The number of thiophene rings is 1. The van der Waals surface area contributed by atoms with E-state index in [2.05, 4.69) is 48.8 Å². The summed E-state index contributed by atoms with van der Waals surface area (Å²) >= 11 is 5.17. The molecule has 0 aliphatic rings. The summed E-state index contributed by atoms with van der Waals surface area (Å²) in [6, 6.07) is 21.5. The smallest absolute Gasteiger partial charge is 0.255 e. The standard InChI is InChI=1S/C26H29BrN2O2S/c1-19(2)15-29(26(31)23-11-7-8-12-24(23)27)18-25(30)28(16-21-9-5-4-6-10-21)17-22-14-13-20(3)32-22/h4-14,19H,15-18H2,1-3H3. The third-order valence-electron chi connectivity index (χ3n) is 5.01. The van der Waals surface area contributed by atoms with Gasteiger partial charge < -0.3 is 9.80 Å². The maximum Gasteiger partial charge on any atom is 0.255 e. The fourth-order valence-corrected chi connectivity index (χ4v) is 4.88. The van der Waals surface area contributed by atoms with E-state index in [9.17, 15) is 9.59 Å². The van der Waals surface area contributed by atoms with Gasteiger partial charge in [-0.25, -0.2) is 0 Å².